The Balaban J connectivity index is 3.15. The molecule has 0 fully saturated rings. The van der Waals surface area contributed by atoms with Gasteiger partial charge >= 0.3 is 0 Å². The third-order valence-electron chi connectivity index (χ3n) is 1.62. The van der Waals surface area contributed by atoms with Gasteiger partial charge in [0.1, 0.15) is 4.90 Å². The van der Waals surface area contributed by atoms with Gasteiger partial charge in [0.2, 0.25) is 0 Å². The largest absolute Gasteiger partial charge is 0.295 e. The molecule has 3 nitrogen and oxygen atoms in total. The number of hydrogen-bond acceptors (Lipinski definition) is 3. The van der Waals surface area contributed by atoms with E-state index >= 15 is 0 Å². The second kappa shape index (κ2) is 5.21. The van der Waals surface area contributed by atoms with Crippen LogP contribution in [-0.4, -0.2) is 18.7 Å². The molecule has 1 aromatic carbocycles. The normalized spacial score (nSPS) is 10.5. The minimum Gasteiger partial charge on any atom is -0.282 e. The van der Waals surface area contributed by atoms with Crippen LogP contribution in [0.3, 0.4) is 0 Å². The van der Waals surface area contributed by atoms with Crippen LogP contribution in [0.25, 0.3) is 0 Å². The van der Waals surface area contributed by atoms with Crippen LogP contribution in [0.1, 0.15) is 12.0 Å². The highest BCUT2D eigenvalue weighted by Crippen LogP contribution is 2.13. The minimum absolute atomic E-state index is 0.156. The first kappa shape index (κ1) is 12.1. The summed E-state index contributed by atoms with van der Waals surface area (Å²) in [5.74, 6) is 6.06. The lowest BCUT2D eigenvalue weighted by atomic mass is 10.2. The van der Waals surface area contributed by atoms with Crippen LogP contribution in [0.2, 0.25) is 0 Å². The van der Waals surface area contributed by atoms with Gasteiger partial charge in [0.15, 0.2) is 0 Å². The summed E-state index contributed by atoms with van der Waals surface area (Å²) < 4.78 is 30.8. The molecule has 0 aliphatic rings. The van der Waals surface area contributed by atoms with Crippen molar-refractivity contribution in [1.82, 2.24) is 0 Å². The molecular formula is C10H10O3S2. The number of benzene rings is 1. The van der Waals surface area contributed by atoms with Gasteiger partial charge in [-0.05, 0) is 12.1 Å². The van der Waals surface area contributed by atoms with E-state index in [4.69, 9.17) is 4.55 Å². The molecule has 80 valence electrons. The zero-order valence-electron chi connectivity index (χ0n) is 7.84. The predicted molar refractivity (Wildman–Crippen MR) is 61.6 cm³/mol. The number of thiol groups is 1. The molecule has 0 aliphatic heterocycles. The highest BCUT2D eigenvalue weighted by atomic mass is 32.2. The SMILES string of the molecule is O=S(=O)(O)c1ccccc1C#CCCS. The first-order valence-electron chi connectivity index (χ1n) is 4.22. The average molecular weight is 242 g/mol. The van der Waals surface area contributed by atoms with Crippen molar-refractivity contribution < 1.29 is 13.0 Å². The van der Waals surface area contributed by atoms with Gasteiger partial charge in [-0.15, -0.1) is 0 Å². The van der Waals surface area contributed by atoms with Crippen LogP contribution in [0.15, 0.2) is 29.2 Å². The van der Waals surface area contributed by atoms with Crippen molar-refractivity contribution in [1.29, 1.82) is 0 Å². The Labute approximate surface area is 94.7 Å². The van der Waals surface area contributed by atoms with Crippen LogP contribution in [-0.2, 0) is 10.1 Å². The molecular weight excluding hydrogens is 232 g/mol. The van der Waals surface area contributed by atoms with Gasteiger partial charge in [0.05, 0.1) is 0 Å². The van der Waals surface area contributed by atoms with E-state index in [1.165, 1.54) is 12.1 Å². The summed E-state index contributed by atoms with van der Waals surface area (Å²) in [6.45, 7) is 0. The van der Waals surface area contributed by atoms with Crippen molar-refractivity contribution in [2.45, 2.75) is 11.3 Å². The number of rotatable bonds is 2. The summed E-state index contributed by atoms with van der Waals surface area (Å²) in [6.07, 6.45) is 0.572. The van der Waals surface area contributed by atoms with E-state index in [0.717, 1.165) is 0 Å². The molecule has 0 aliphatic carbocycles. The minimum atomic E-state index is -4.19. The molecule has 1 N–H and O–H groups in total. The molecule has 0 amide bonds. The Hall–Kier alpha value is -0.960. The molecule has 0 saturated heterocycles. The van der Waals surface area contributed by atoms with E-state index in [1.54, 1.807) is 12.1 Å². The Bertz CT molecular complexity index is 495. The predicted octanol–water partition coefficient (Wildman–Crippen LogP) is 1.60. The molecule has 1 rings (SSSR count). The van der Waals surface area contributed by atoms with Crippen LogP contribution in [0.5, 0.6) is 0 Å². The van der Waals surface area contributed by atoms with E-state index in [-0.39, 0.29) is 4.90 Å². The van der Waals surface area contributed by atoms with Crippen molar-refractivity contribution >= 4 is 22.7 Å². The lowest BCUT2D eigenvalue weighted by Gasteiger charge is -1.99. The third-order valence-corrected chi connectivity index (χ3v) is 2.76. The zero-order valence-corrected chi connectivity index (χ0v) is 9.55. The van der Waals surface area contributed by atoms with Crippen LogP contribution in [0, 0.1) is 11.8 Å². The van der Waals surface area contributed by atoms with Crippen molar-refractivity contribution in [3.63, 3.8) is 0 Å². The van der Waals surface area contributed by atoms with Crippen LogP contribution < -0.4 is 0 Å². The maximum atomic E-state index is 11.0. The second-order valence-electron chi connectivity index (χ2n) is 2.75. The molecule has 15 heavy (non-hydrogen) atoms. The highest BCUT2D eigenvalue weighted by molar-refractivity contribution is 7.85. The lowest BCUT2D eigenvalue weighted by Crippen LogP contribution is -2.00. The smallest absolute Gasteiger partial charge is 0.282 e. The fourth-order valence-electron chi connectivity index (χ4n) is 1.01. The first-order valence-corrected chi connectivity index (χ1v) is 6.29. The van der Waals surface area contributed by atoms with Crippen LogP contribution >= 0.6 is 12.6 Å². The molecule has 0 radical (unpaired) electrons. The maximum Gasteiger partial charge on any atom is 0.295 e. The van der Waals surface area contributed by atoms with Gasteiger partial charge in [-0.1, -0.05) is 24.0 Å². The van der Waals surface area contributed by atoms with Crippen molar-refractivity contribution in [3.05, 3.63) is 29.8 Å². The van der Waals surface area contributed by atoms with Gasteiger partial charge in [0, 0.05) is 17.7 Å². The lowest BCUT2D eigenvalue weighted by molar-refractivity contribution is 0.483. The van der Waals surface area contributed by atoms with Gasteiger partial charge in [-0.25, -0.2) is 0 Å². The summed E-state index contributed by atoms with van der Waals surface area (Å²) in [7, 11) is -4.19. The van der Waals surface area contributed by atoms with E-state index in [2.05, 4.69) is 24.5 Å². The third kappa shape index (κ3) is 3.59. The molecule has 0 atom stereocenters. The van der Waals surface area contributed by atoms with E-state index < -0.39 is 10.1 Å². The average Bonchev–Trinajstić information content (AvgIpc) is 2.17. The Morgan fingerprint density at radius 2 is 2.00 bits per heavy atom. The summed E-state index contributed by atoms with van der Waals surface area (Å²) >= 11 is 3.98. The van der Waals surface area contributed by atoms with Gasteiger partial charge in [-0.3, -0.25) is 4.55 Å². The van der Waals surface area contributed by atoms with Crippen molar-refractivity contribution in [2.24, 2.45) is 0 Å². The standard InChI is InChI=1S/C10H10O3S2/c11-15(12,13)10-7-2-1-5-9(10)6-3-4-8-14/h1-2,5,7,14H,4,8H2,(H,11,12,13). The van der Waals surface area contributed by atoms with Gasteiger partial charge in [0.25, 0.3) is 10.1 Å². The van der Waals surface area contributed by atoms with Crippen LogP contribution in [0.4, 0.5) is 0 Å². The summed E-state index contributed by atoms with van der Waals surface area (Å²) in [6, 6.07) is 6.07. The Morgan fingerprint density at radius 3 is 2.60 bits per heavy atom. The van der Waals surface area contributed by atoms with E-state index in [9.17, 15) is 8.42 Å². The Morgan fingerprint density at radius 1 is 1.33 bits per heavy atom. The summed E-state index contributed by atoms with van der Waals surface area (Å²) in [4.78, 5) is -0.156. The molecule has 0 heterocycles. The van der Waals surface area contributed by atoms with E-state index in [0.29, 0.717) is 17.7 Å². The quantitative estimate of drug-likeness (QED) is 0.470. The monoisotopic (exact) mass is 242 g/mol. The second-order valence-corrected chi connectivity index (χ2v) is 4.58. The summed E-state index contributed by atoms with van der Waals surface area (Å²) in [5.41, 5.74) is 0.307. The fourth-order valence-corrected chi connectivity index (χ4v) is 1.77. The summed E-state index contributed by atoms with van der Waals surface area (Å²) in [5, 5.41) is 0. The van der Waals surface area contributed by atoms with Gasteiger partial charge < -0.3 is 0 Å². The van der Waals surface area contributed by atoms with Gasteiger partial charge in [-0.2, -0.15) is 21.0 Å². The number of hydrogen-bond donors (Lipinski definition) is 2. The Kier molecular flexibility index (Phi) is 4.21. The molecule has 1 aromatic rings. The molecule has 0 unspecified atom stereocenters. The zero-order chi connectivity index (χ0) is 11.3. The topological polar surface area (TPSA) is 54.4 Å². The van der Waals surface area contributed by atoms with Crippen molar-refractivity contribution in [2.75, 3.05) is 5.75 Å². The molecule has 5 heteroatoms. The fraction of sp³-hybridized carbons (Fsp3) is 0.200. The molecule has 0 aromatic heterocycles. The maximum absolute atomic E-state index is 11.0. The molecule has 0 bridgehead atoms. The first-order chi connectivity index (χ1) is 7.05. The molecule has 0 saturated carbocycles. The van der Waals surface area contributed by atoms with E-state index in [1.807, 2.05) is 0 Å². The highest BCUT2D eigenvalue weighted by Gasteiger charge is 2.12. The van der Waals surface area contributed by atoms with Crippen molar-refractivity contribution in [3.8, 4) is 11.8 Å². The molecule has 0 spiro atoms.